The number of carbonyl (C=O) groups excluding carboxylic acids is 1. The third-order valence-corrected chi connectivity index (χ3v) is 6.88. The van der Waals surface area contributed by atoms with Gasteiger partial charge >= 0.3 is 0 Å². The van der Waals surface area contributed by atoms with Crippen LogP contribution in [0.3, 0.4) is 0 Å². The molecule has 40 heavy (non-hydrogen) atoms. The zero-order valence-electron chi connectivity index (χ0n) is 24.4. The highest BCUT2D eigenvalue weighted by molar-refractivity contribution is 6.16. The summed E-state index contributed by atoms with van der Waals surface area (Å²) in [5, 5.41) is 9.37. The first-order valence-corrected chi connectivity index (χ1v) is 13.7. The lowest BCUT2D eigenvalue weighted by atomic mass is 9.87. The summed E-state index contributed by atoms with van der Waals surface area (Å²) in [5.41, 5.74) is 5.11. The van der Waals surface area contributed by atoms with Crippen LogP contribution < -0.4 is 15.4 Å². The molecular weight excluding hydrogens is 500 g/mol. The number of ether oxygens (including phenoxy) is 2. The maximum absolute atomic E-state index is 12.2. The Morgan fingerprint density at radius 3 is 2.55 bits per heavy atom. The van der Waals surface area contributed by atoms with Gasteiger partial charge in [-0.3, -0.25) is 9.79 Å². The average Bonchev–Trinajstić information content (AvgIpc) is 2.94. The molecule has 0 atom stereocenters. The van der Waals surface area contributed by atoms with E-state index < -0.39 is 0 Å². The number of aliphatic imine (C=N–C) groups is 1. The van der Waals surface area contributed by atoms with E-state index in [-0.39, 0.29) is 24.7 Å². The highest BCUT2D eigenvalue weighted by Crippen LogP contribution is 2.34. The van der Waals surface area contributed by atoms with Gasteiger partial charge in [-0.2, -0.15) is 0 Å². The summed E-state index contributed by atoms with van der Waals surface area (Å²) >= 11 is 0. The molecule has 0 fully saturated rings. The third-order valence-electron chi connectivity index (χ3n) is 6.88. The molecule has 7 nitrogen and oxygen atoms in total. The number of hydrogen-bond acceptors (Lipinski definition) is 6. The van der Waals surface area contributed by atoms with Crippen molar-refractivity contribution >= 4 is 39.8 Å². The number of benzene rings is 3. The second-order valence-corrected chi connectivity index (χ2v) is 10.9. The number of nitrogens with one attached hydrogen (secondary N) is 2. The van der Waals surface area contributed by atoms with Crippen molar-refractivity contribution < 1.29 is 14.3 Å². The van der Waals surface area contributed by atoms with Gasteiger partial charge in [0.2, 0.25) is 5.91 Å². The standard InChI is InChI=1S/C33H40N4O3/c1-7-10-31(36-29-19-24(33(2,3)4)13-16-30(29)39-6)35-28-15-14-25(26-11-8-9-12-27(26)28)23-17-18-37(5)32(38)21-40-22-34-20-23/h8-17,19-20,35-36H,7,18,21-22H2,1-6H3/b23-17+,31-10-,34-20-. The molecule has 1 aliphatic rings. The normalized spacial score (nSPS) is 17.2. The molecule has 0 aromatic heterocycles. The van der Waals surface area contributed by atoms with Gasteiger partial charge in [-0.25, -0.2) is 0 Å². The second-order valence-electron chi connectivity index (χ2n) is 10.9. The van der Waals surface area contributed by atoms with Crippen LogP contribution in [-0.4, -0.2) is 51.1 Å². The molecule has 1 heterocycles. The minimum atomic E-state index is -0.0653. The second kappa shape index (κ2) is 12.8. The number of amides is 1. The van der Waals surface area contributed by atoms with Crippen LogP contribution in [-0.2, 0) is 14.9 Å². The quantitative estimate of drug-likeness (QED) is 0.344. The Bertz CT molecular complexity index is 1450. The lowest BCUT2D eigenvalue weighted by Crippen LogP contribution is -2.31. The summed E-state index contributed by atoms with van der Waals surface area (Å²) in [4.78, 5) is 18.3. The van der Waals surface area contributed by atoms with Crippen molar-refractivity contribution in [1.29, 1.82) is 0 Å². The van der Waals surface area contributed by atoms with Gasteiger partial charge in [-0.1, -0.05) is 70.2 Å². The number of hydrogen-bond donors (Lipinski definition) is 2. The molecule has 0 aliphatic carbocycles. The highest BCUT2D eigenvalue weighted by atomic mass is 16.5. The van der Waals surface area contributed by atoms with E-state index in [0.717, 1.165) is 51.3 Å². The molecule has 0 saturated carbocycles. The summed E-state index contributed by atoms with van der Waals surface area (Å²) in [6, 6.07) is 18.8. The molecule has 7 heteroatoms. The number of rotatable bonds is 7. The Labute approximate surface area is 237 Å². The van der Waals surface area contributed by atoms with Crippen LogP contribution in [0.4, 0.5) is 11.4 Å². The first kappa shape index (κ1) is 28.9. The van der Waals surface area contributed by atoms with Gasteiger partial charge in [0.1, 0.15) is 24.9 Å². The van der Waals surface area contributed by atoms with Crippen molar-refractivity contribution in [2.24, 2.45) is 4.99 Å². The van der Waals surface area contributed by atoms with Crippen molar-refractivity contribution in [3.8, 4) is 5.75 Å². The molecule has 1 amide bonds. The minimum Gasteiger partial charge on any atom is -0.495 e. The van der Waals surface area contributed by atoms with Crippen LogP contribution in [0, 0.1) is 0 Å². The van der Waals surface area contributed by atoms with E-state index in [4.69, 9.17) is 9.47 Å². The predicted molar refractivity (Wildman–Crippen MR) is 166 cm³/mol. The zero-order valence-corrected chi connectivity index (χ0v) is 24.4. The van der Waals surface area contributed by atoms with Crippen molar-refractivity contribution in [2.75, 3.05) is 44.7 Å². The Balaban J connectivity index is 1.70. The maximum atomic E-state index is 12.2. The summed E-state index contributed by atoms with van der Waals surface area (Å²) < 4.78 is 11.1. The van der Waals surface area contributed by atoms with Gasteiger partial charge in [-0.05, 0) is 58.2 Å². The van der Waals surface area contributed by atoms with E-state index in [2.05, 4.69) is 85.8 Å². The van der Waals surface area contributed by atoms with E-state index in [1.165, 1.54) is 5.56 Å². The number of anilines is 2. The van der Waals surface area contributed by atoms with Gasteiger partial charge < -0.3 is 25.0 Å². The van der Waals surface area contributed by atoms with E-state index in [1.54, 1.807) is 19.1 Å². The largest absolute Gasteiger partial charge is 0.495 e. The molecule has 0 saturated heterocycles. The van der Waals surface area contributed by atoms with E-state index in [0.29, 0.717) is 6.54 Å². The summed E-state index contributed by atoms with van der Waals surface area (Å²) in [6.07, 6.45) is 6.86. The van der Waals surface area contributed by atoms with Crippen molar-refractivity contribution in [3.05, 3.63) is 83.7 Å². The predicted octanol–water partition coefficient (Wildman–Crippen LogP) is 6.82. The van der Waals surface area contributed by atoms with Gasteiger partial charge in [0.15, 0.2) is 0 Å². The maximum Gasteiger partial charge on any atom is 0.248 e. The van der Waals surface area contributed by atoms with Gasteiger partial charge in [0, 0.05) is 30.9 Å². The van der Waals surface area contributed by atoms with Crippen LogP contribution in [0.5, 0.6) is 5.75 Å². The van der Waals surface area contributed by atoms with Crippen molar-refractivity contribution in [2.45, 2.75) is 39.5 Å². The fraction of sp³-hybridized carbons (Fsp3) is 0.333. The van der Waals surface area contributed by atoms with Gasteiger partial charge in [-0.15, -0.1) is 0 Å². The van der Waals surface area contributed by atoms with Crippen LogP contribution in [0.2, 0.25) is 0 Å². The molecule has 0 spiro atoms. The molecule has 0 bridgehead atoms. The van der Waals surface area contributed by atoms with Crippen LogP contribution in [0.15, 0.2) is 77.6 Å². The van der Waals surface area contributed by atoms with E-state index in [1.807, 2.05) is 30.5 Å². The van der Waals surface area contributed by atoms with Gasteiger partial charge in [0.05, 0.1) is 12.8 Å². The molecule has 0 radical (unpaired) electrons. The fourth-order valence-electron chi connectivity index (χ4n) is 4.56. The lowest BCUT2D eigenvalue weighted by Gasteiger charge is -2.23. The monoisotopic (exact) mass is 540 g/mol. The Morgan fingerprint density at radius 1 is 1.07 bits per heavy atom. The number of allylic oxidation sites excluding steroid dienone is 2. The van der Waals surface area contributed by atoms with E-state index >= 15 is 0 Å². The summed E-state index contributed by atoms with van der Waals surface area (Å²) in [5.74, 6) is 1.60. The summed E-state index contributed by atoms with van der Waals surface area (Å²) in [6.45, 7) is 9.38. The SMILES string of the molecule is CC/C=C(\Nc1cc(C(C)(C)C)ccc1OC)Nc1ccc(C2=C/CN(C)C(=O)COC/N=C\2)c2ccccc12. The van der Waals surface area contributed by atoms with Crippen molar-refractivity contribution in [1.82, 2.24) is 4.90 Å². The number of fused-ring (bicyclic) bond motifs is 1. The molecule has 3 aromatic rings. The molecule has 210 valence electrons. The molecule has 4 rings (SSSR count). The Kier molecular flexibility index (Phi) is 9.27. The van der Waals surface area contributed by atoms with Crippen LogP contribution in [0.25, 0.3) is 16.3 Å². The fourth-order valence-corrected chi connectivity index (χ4v) is 4.56. The summed E-state index contributed by atoms with van der Waals surface area (Å²) in [7, 11) is 3.47. The van der Waals surface area contributed by atoms with Crippen LogP contribution >= 0.6 is 0 Å². The smallest absolute Gasteiger partial charge is 0.248 e. The molecule has 2 N–H and O–H groups in total. The number of methoxy groups -OCH3 is 1. The Morgan fingerprint density at radius 2 is 1.82 bits per heavy atom. The van der Waals surface area contributed by atoms with Crippen molar-refractivity contribution in [3.63, 3.8) is 0 Å². The topological polar surface area (TPSA) is 75.2 Å². The molecule has 1 aliphatic heterocycles. The zero-order chi connectivity index (χ0) is 28.7. The van der Waals surface area contributed by atoms with Gasteiger partial charge in [0.25, 0.3) is 0 Å². The average molecular weight is 541 g/mol. The minimum absolute atomic E-state index is 0.0121. The molecule has 3 aromatic carbocycles. The third kappa shape index (κ3) is 6.90. The molecular formula is C33H40N4O3. The highest BCUT2D eigenvalue weighted by Gasteiger charge is 2.17. The number of carbonyl (C=O) groups is 1. The van der Waals surface area contributed by atoms with Crippen LogP contribution in [0.1, 0.15) is 45.2 Å². The number of likely N-dealkylation sites (N-methyl/N-ethyl adjacent to an activating group) is 1. The number of nitrogens with zero attached hydrogens (tertiary/aromatic N) is 2. The van der Waals surface area contributed by atoms with E-state index in [9.17, 15) is 4.79 Å². The first-order valence-electron chi connectivity index (χ1n) is 13.7. The lowest BCUT2D eigenvalue weighted by molar-refractivity contribution is -0.134. The molecule has 0 unspecified atom stereocenters. The first-order chi connectivity index (χ1) is 19.2. The Hall–Kier alpha value is -4.10.